The Morgan fingerprint density at radius 1 is 0.976 bits per heavy atom. The summed E-state index contributed by atoms with van der Waals surface area (Å²) in [7, 11) is -1.43. The van der Waals surface area contributed by atoms with Crippen molar-refractivity contribution in [1.29, 1.82) is 0 Å². The maximum absolute atomic E-state index is 14.0. The van der Waals surface area contributed by atoms with Crippen LogP contribution in [-0.2, 0) is 26.2 Å². The molecule has 2 amide bonds. The first-order chi connectivity index (χ1) is 19.5. The first-order valence-electron chi connectivity index (χ1n) is 13.2. The van der Waals surface area contributed by atoms with Crippen LogP contribution in [0.5, 0.6) is 11.5 Å². The Kier molecular flexibility index (Phi) is 11.0. The summed E-state index contributed by atoms with van der Waals surface area (Å²) in [6, 6.07) is 17.0. The van der Waals surface area contributed by atoms with Gasteiger partial charge < -0.3 is 19.7 Å². The molecule has 0 saturated carbocycles. The number of hydrogen-bond acceptors (Lipinski definition) is 6. The summed E-state index contributed by atoms with van der Waals surface area (Å²) in [4.78, 5) is 28.3. The van der Waals surface area contributed by atoms with E-state index in [1.165, 1.54) is 49.5 Å². The standard InChI is InChI=1S/C30H36ClN3O6S/c1-6-17-32-30(36)22(3)33(19-23-10-8-7-9-21(23)2)29(35)20-34(25-13-11-24(31)12-14-25)41(37,38)26-15-16-27(39-4)28(18-26)40-5/h7-16,18,22H,6,17,19-20H2,1-5H3,(H,32,36). The summed E-state index contributed by atoms with van der Waals surface area (Å²) in [6.07, 6.45) is 0.734. The van der Waals surface area contributed by atoms with Crippen molar-refractivity contribution in [2.45, 2.75) is 44.7 Å². The number of hydrogen-bond donors (Lipinski definition) is 1. The van der Waals surface area contributed by atoms with E-state index in [4.69, 9.17) is 21.1 Å². The van der Waals surface area contributed by atoms with Gasteiger partial charge in [-0.15, -0.1) is 0 Å². The van der Waals surface area contributed by atoms with Crippen LogP contribution >= 0.6 is 11.6 Å². The molecule has 0 spiro atoms. The Hall–Kier alpha value is -3.76. The Morgan fingerprint density at radius 3 is 2.24 bits per heavy atom. The molecule has 3 aromatic carbocycles. The molecule has 0 aliphatic heterocycles. The quantitative estimate of drug-likeness (QED) is 0.302. The van der Waals surface area contributed by atoms with Gasteiger partial charge in [-0.05, 0) is 67.8 Å². The number of carbonyl (C=O) groups is 2. The number of methoxy groups -OCH3 is 2. The average molecular weight is 602 g/mol. The van der Waals surface area contributed by atoms with Crippen LogP contribution in [0.1, 0.15) is 31.4 Å². The lowest BCUT2D eigenvalue weighted by Gasteiger charge is -2.32. The van der Waals surface area contributed by atoms with Gasteiger partial charge in [-0.25, -0.2) is 8.42 Å². The molecular formula is C30H36ClN3O6S. The first kappa shape index (κ1) is 31.8. The normalized spacial score (nSPS) is 11.9. The van der Waals surface area contributed by atoms with Gasteiger partial charge in [0.1, 0.15) is 12.6 Å². The molecular weight excluding hydrogens is 566 g/mol. The fraction of sp³-hybridized carbons (Fsp3) is 0.333. The molecule has 3 rings (SSSR count). The van der Waals surface area contributed by atoms with E-state index in [1.807, 2.05) is 38.1 Å². The molecule has 3 aromatic rings. The van der Waals surface area contributed by atoms with Crippen LogP contribution in [0, 0.1) is 6.92 Å². The molecule has 1 atom stereocenters. The Labute approximate surface area is 247 Å². The molecule has 11 heteroatoms. The van der Waals surface area contributed by atoms with Crippen LogP contribution in [0.2, 0.25) is 5.02 Å². The molecule has 220 valence electrons. The summed E-state index contributed by atoms with van der Waals surface area (Å²) in [5.74, 6) is -0.295. The van der Waals surface area contributed by atoms with Crippen LogP contribution in [0.15, 0.2) is 71.6 Å². The van der Waals surface area contributed by atoms with Crippen molar-refractivity contribution in [2.75, 3.05) is 31.6 Å². The van der Waals surface area contributed by atoms with Crippen LogP contribution in [-0.4, -0.2) is 58.5 Å². The molecule has 1 N–H and O–H groups in total. The third-order valence-electron chi connectivity index (χ3n) is 6.65. The van der Waals surface area contributed by atoms with Crippen LogP contribution in [0.3, 0.4) is 0 Å². The van der Waals surface area contributed by atoms with Gasteiger partial charge in [-0.1, -0.05) is 42.8 Å². The van der Waals surface area contributed by atoms with E-state index in [0.29, 0.717) is 17.3 Å². The average Bonchev–Trinajstić information content (AvgIpc) is 2.97. The van der Waals surface area contributed by atoms with Crippen molar-refractivity contribution in [1.82, 2.24) is 10.2 Å². The van der Waals surface area contributed by atoms with Gasteiger partial charge >= 0.3 is 0 Å². The van der Waals surface area contributed by atoms with Gasteiger partial charge in [0.05, 0.1) is 24.8 Å². The number of amides is 2. The van der Waals surface area contributed by atoms with E-state index >= 15 is 0 Å². The maximum Gasteiger partial charge on any atom is 0.264 e. The van der Waals surface area contributed by atoms with Crippen LogP contribution < -0.4 is 19.1 Å². The van der Waals surface area contributed by atoms with E-state index in [-0.39, 0.29) is 28.8 Å². The third-order valence-corrected chi connectivity index (χ3v) is 8.68. The summed E-state index contributed by atoms with van der Waals surface area (Å²) in [5, 5.41) is 3.24. The Morgan fingerprint density at radius 2 is 1.63 bits per heavy atom. The molecule has 1 unspecified atom stereocenters. The van der Waals surface area contributed by atoms with E-state index < -0.39 is 28.5 Å². The highest BCUT2D eigenvalue weighted by Gasteiger charge is 2.33. The molecule has 0 saturated heterocycles. The second-order valence-electron chi connectivity index (χ2n) is 9.42. The first-order valence-corrected chi connectivity index (χ1v) is 15.0. The number of ether oxygens (including phenoxy) is 2. The Balaban J connectivity index is 2.07. The molecule has 41 heavy (non-hydrogen) atoms. The van der Waals surface area contributed by atoms with Crippen molar-refractivity contribution >= 4 is 39.1 Å². The fourth-order valence-electron chi connectivity index (χ4n) is 4.19. The van der Waals surface area contributed by atoms with Crippen molar-refractivity contribution in [3.8, 4) is 11.5 Å². The fourth-order valence-corrected chi connectivity index (χ4v) is 5.75. The van der Waals surface area contributed by atoms with Crippen molar-refractivity contribution < 1.29 is 27.5 Å². The minimum absolute atomic E-state index is 0.0999. The van der Waals surface area contributed by atoms with Crippen LogP contribution in [0.4, 0.5) is 5.69 Å². The molecule has 0 bridgehead atoms. The number of aryl methyl sites for hydroxylation is 1. The SMILES string of the molecule is CCCNC(=O)C(C)N(Cc1ccccc1C)C(=O)CN(c1ccc(Cl)cc1)S(=O)(=O)c1ccc(OC)c(OC)c1. The van der Waals surface area contributed by atoms with E-state index in [1.54, 1.807) is 19.1 Å². The maximum atomic E-state index is 14.0. The van der Waals surface area contributed by atoms with Crippen molar-refractivity contribution in [2.24, 2.45) is 0 Å². The number of sulfonamides is 1. The van der Waals surface area contributed by atoms with Crippen molar-refractivity contribution in [3.63, 3.8) is 0 Å². The number of rotatable bonds is 13. The predicted octanol–water partition coefficient (Wildman–Crippen LogP) is 4.80. The van der Waals surface area contributed by atoms with E-state index in [9.17, 15) is 18.0 Å². The molecule has 0 aliphatic carbocycles. The highest BCUT2D eigenvalue weighted by atomic mass is 35.5. The molecule has 0 aliphatic rings. The van der Waals surface area contributed by atoms with Gasteiger partial charge in [0.15, 0.2) is 11.5 Å². The lowest BCUT2D eigenvalue weighted by molar-refractivity contribution is -0.139. The third kappa shape index (κ3) is 7.71. The minimum atomic E-state index is -4.29. The van der Waals surface area contributed by atoms with E-state index in [2.05, 4.69) is 5.32 Å². The predicted molar refractivity (Wildman–Crippen MR) is 160 cm³/mol. The Bertz CT molecular complexity index is 1460. The molecule has 0 aromatic heterocycles. The summed E-state index contributed by atoms with van der Waals surface area (Å²) >= 11 is 6.08. The number of carbonyl (C=O) groups excluding carboxylic acids is 2. The molecule has 9 nitrogen and oxygen atoms in total. The number of halogens is 1. The van der Waals surface area contributed by atoms with E-state index in [0.717, 1.165) is 21.9 Å². The number of nitrogens with zero attached hydrogens (tertiary/aromatic N) is 2. The number of nitrogens with one attached hydrogen (secondary N) is 1. The zero-order valence-electron chi connectivity index (χ0n) is 23.9. The lowest BCUT2D eigenvalue weighted by Crippen LogP contribution is -2.51. The topological polar surface area (TPSA) is 105 Å². The van der Waals surface area contributed by atoms with Gasteiger partial charge in [0.25, 0.3) is 10.0 Å². The van der Waals surface area contributed by atoms with Gasteiger partial charge in [0, 0.05) is 24.2 Å². The zero-order chi connectivity index (χ0) is 30.2. The van der Waals surface area contributed by atoms with Gasteiger partial charge in [-0.3, -0.25) is 13.9 Å². The van der Waals surface area contributed by atoms with Gasteiger partial charge in [-0.2, -0.15) is 0 Å². The second kappa shape index (κ2) is 14.2. The lowest BCUT2D eigenvalue weighted by atomic mass is 10.1. The summed E-state index contributed by atoms with van der Waals surface area (Å²) < 4.78 is 39.7. The molecule has 0 radical (unpaired) electrons. The molecule has 0 fully saturated rings. The highest BCUT2D eigenvalue weighted by molar-refractivity contribution is 7.92. The van der Waals surface area contributed by atoms with Crippen LogP contribution in [0.25, 0.3) is 0 Å². The minimum Gasteiger partial charge on any atom is -0.493 e. The largest absolute Gasteiger partial charge is 0.493 e. The monoisotopic (exact) mass is 601 g/mol. The summed E-state index contributed by atoms with van der Waals surface area (Å²) in [5.41, 5.74) is 2.02. The smallest absolute Gasteiger partial charge is 0.264 e. The summed E-state index contributed by atoms with van der Waals surface area (Å²) in [6.45, 7) is 5.51. The second-order valence-corrected chi connectivity index (χ2v) is 11.7. The zero-order valence-corrected chi connectivity index (χ0v) is 25.5. The van der Waals surface area contributed by atoms with Crippen molar-refractivity contribution in [3.05, 3.63) is 82.9 Å². The molecule has 0 heterocycles. The number of anilines is 1. The van der Waals surface area contributed by atoms with Gasteiger partial charge in [0.2, 0.25) is 11.8 Å². The number of benzene rings is 3. The highest BCUT2D eigenvalue weighted by Crippen LogP contribution is 2.32.